The largest absolute Gasteiger partial charge is 0.416 e. The van der Waals surface area contributed by atoms with Gasteiger partial charge in [-0.25, -0.2) is 0 Å². The Morgan fingerprint density at radius 3 is 2.30 bits per heavy atom. The summed E-state index contributed by atoms with van der Waals surface area (Å²) >= 11 is 1.18. The molecule has 1 N–H and O–H groups in total. The molecule has 1 saturated heterocycles. The van der Waals surface area contributed by atoms with Crippen LogP contribution in [0.4, 0.5) is 30.4 Å². The molecule has 172 valence electrons. The lowest BCUT2D eigenvalue weighted by Gasteiger charge is -2.36. The van der Waals surface area contributed by atoms with Crippen molar-refractivity contribution in [2.24, 2.45) is 0 Å². The van der Waals surface area contributed by atoms with Crippen LogP contribution >= 0.6 is 11.8 Å². The maximum Gasteiger partial charge on any atom is 0.416 e. The number of alkyl halides is 3. The Kier molecular flexibility index (Phi) is 7.02. The maximum atomic E-state index is 12.8. The van der Waals surface area contributed by atoms with E-state index in [4.69, 9.17) is 0 Å². The van der Waals surface area contributed by atoms with Crippen LogP contribution in [0.15, 0.2) is 71.8 Å². The van der Waals surface area contributed by atoms with Crippen molar-refractivity contribution >= 4 is 34.9 Å². The van der Waals surface area contributed by atoms with Crippen LogP contribution in [0.25, 0.3) is 0 Å². The SMILES string of the molecule is O=C(CSc1ccc(N2CCN(c3ccccc3)CC2)nn1)Nc1cccc(C(F)(F)F)c1. The number of nitrogens with zero attached hydrogens (tertiary/aromatic N) is 4. The van der Waals surface area contributed by atoms with Gasteiger partial charge < -0.3 is 15.1 Å². The quantitative estimate of drug-likeness (QED) is 0.530. The van der Waals surface area contributed by atoms with Crippen molar-refractivity contribution in [1.82, 2.24) is 10.2 Å². The van der Waals surface area contributed by atoms with Crippen LogP contribution in [0, 0.1) is 0 Å². The predicted molar refractivity (Wildman–Crippen MR) is 124 cm³/mol. The van der Waals surface area contributed by atoms with Gasteiger partial charge in [-0.2, -0.15) is 13.2 Å². The molecule has 0 saturated carbocycles. The van der Waals surface area contributed by atoms with Gasteiger partial charge in [0.05, 0.1) is 11.3 Å². The maximum absolute atomic E-state index is 12.8. The smallest absolute Gasteiger partial charge is 0.368 e. The number of rotatable bonds is 6. The normalized spacial score (nSPS) is 14.3. The minimum absolute atomic E-state index is 0.0139. The number of piperazine rings is 1. The summed E-state index contributed by atoms with van der Waals surface area (Å²) in [4.78, 5) is 16.6. The van der Waals surface area contributed by atoms with Crippen molar-refractivity contribution in [1.29, 1.82) is 0 Å². The minimum atomic E-state index is -4.46. The highest BCUT2D eigenvalue weighted by molar-refractivity contribution is 7.99. The summed E-state index contributed by atoms with van der Waals surface area (Å²) in [7, 11) is 0. The topological polar surface area (TPSA) is 61.4 Å². The molecular weight excluding hydrogens is 451 g/mol. The second kappa shape index (κ2) is 10.1. The fourth-order valence-electron chi connectivity index (χ4n) is 3.50. The number of carbonyl (C=O) groups excluding carboxylic acids is 1. The molecule has 0 radical (unpaired) electrons. The zero-order chi connectivity index (χ0) is 23.3. The Balaban J connectivity index is 1.26. The van der Waals surface area contributed by atoms with Gasteiger partial charge in [-0.1, -0.05) is 36.0 Å². The monoisotopic (exact) mass is 473 g/mol. The van der Waals surface area contributed by atoms with Crippen molar-refractivity contribution in [3.05, 3.63) is 72.3 Å². The van der Waals surface area contributed by atoms with E-state index in [0.717, 1.165) is 44.1 Å². The second-order valence-corrected chi connectivity index (χ2v) is 8.45. The Bertz CT molecular complexity index is 1070. The van der Waals surface area contributed by atoms with Crippen LogP contribution in [0.2, 0.25) is 0 Å². The number of nitrogens with one attached hydrogen (secondary N) is 1. The molecule has 3 aromatic rings. The molecule has 10 heteroatoms. The number of amides is 1. The van der Waals surface area contributed by atoms with Crippen molar-refractivity contribution in [2.45, 2.75) is 11.2 Å². The number of para-hydroxylation sites is 1. The zero-order valence-corrected chi connectivity index (χ0v) is 18.4. The lowest BCUT2D eigenvalue weighted by Crippen LogP contribution is -2.46. The first-order valence-corrected chi connectivity index (χ1v) is 11.4. The summed E-state index contributed by atoms with van der Waals surface area (Å²) in [6, 6.07) is 18.5. The molecule has 33 heavy (non-hydrogen) atoms. The van der Waals surface area contributed by atoms with Crippen LogP contribution in [0.1, 0.15) is 5.56 Å². The number of benzene rings is 2. The Labute approximate surface area is 193 Å². The van der Waals surface area contributed by atoms with Crippen molar-refractivity contribution in [2.75, 3.05) is 47.0 Å². The molecule has 2 heterocycles. The first kappa shape index (κ1) is 22.9. The third-order valence-electron chi connectivity index (χ3n) is 5.18. The van der Waals surface area contributed by atoms with E-state index in [-0.39, 0.29) is 11.4 Å². The lowest BCUT2D eigenvalue weighted by atomic mass is 10.2. The molecule has 1 aliphatic rings. The summed E-state index contributed by atoms with van der Waals surface area (Å²) in [6.45, 7) is 3.43. The highest BCUT2D eigenvalue weighted by atomic mass is 32.2. The van der Waals surface area contributed by atoms with Crippen LogP contribution in [-0.2, 0) is 11.0 Å². The van der Waals surface area contributed by atoms with E-state index in [9.17, 15) is 18.0 Å². The molecule has 0 unspecified atom stereocenters. The van der Waals surface area contributed by atoms with Crippen molar-refractivity contribution in [3.63, 3.8) is 0 Å². The van der Waals surface area contributed by atoms with Gasteiger partial charge in [-0.05, 0) is 42.5 Å². The van der Waals surface area contributed by atoms with Gasteiger partial charge in [0, 0.05) is 37.6 Å². The molecule has 1 fully saturated rings. The number of hydrogen-bond acceptors (Lipinski definition) is 6. The molecule has 2 aromatic carbocycles. The number of anilines is 3. The highest BCUT2D eigenvalue weighted by Gasteiger charge is 2.30. The number of carbonyl (C=O) groups is 1. The lowest BCUT2D eigenvalue weighted by molar-refractivity contribution is -0.137. The molecule has 0 spiro atoms. The van der Waals surface area contributed by atoms with Gasteiger partial charge in [0.1, 0.15) is 5.03 Å². The molecule has 0 aliphatic carbocycles. The zero-order valence-electron chi connectivity index (χ0n) is 17.6. The Morgan fingerprint density at radius 1 is 0.909 bits per heavy atom. The number of aromatic nitrogens is 2. The second-order valence-electron chi connectivity index (χ2n) is 7.45. The molecule has 0 bridgehead atoms. The Hall–Kier alpha value is -3.27. The van der Waals surface area contributed by atoms with Crippen LogP contribution in [-0.4, -0.2) is 48.0 Å². The standard InChI is InChI=1S/C23H22F3N5OS/c24-23(25,26)17-5-4-6-18(15-17)27-21(32)16-33-22-10-9-20(28-29-22)31-13-11-30(12-14-31)19-7-2-1-3-8-19/h1-10,15H,11-14,16H2,(H,27,32). The van der Waals surface area contributed by atoms with E-state index in [1.165, 1.54) is 29.6 Å². The summed E-state index contributed by atoms with van der Waals surface area (Å²) in [6.07, 6.45) is -4.46. The average Bonchev–Trinajstić information content (AvgIpc) is 2.83. The summed E-state index contributed by atoms with van der Waals surface area (Å²) in [5.74, 6) is 0.378. The van der Waals surface area contributed by atoms with Gasteiger partial charge >= 0.3 is 6.18 Å². The van der Waals surface area contributed by atoms with E-state index >= 15 is 0 Å². The first-order chi connectivity index (χ1) is 15.9. The molecule has 1 aliphatic heterocycles. The third kappa shape index (κ3) is 6.16. The van der Waals surface area contributed by atoms with Gasteiger partial charge in [-0.15, -0.1) is 10.2 Å². The fraction of sp³-hybridized carbons (Fsp3) is 0.261. The van der Waals surface area contributed by atoms with Crippen LogP contribution in [0.3, 0.4) is 0 Å². The predicted octanol–water partition coefficient (Wildman–Crippen LogP) is 4.55. The summed E-state index contributed by atoms with van der Waals surface area (Å²) < 4.78 is 38.4. The number of hydrogen-bond donors (Lipinski definition) is 1. The van der Waals surface area contributed by atoms with Crippen molar-refractivity contribution < 1.29 is 18.0 Å². The average molecular weight is 474 g/mol. The minimum Gasteiger partial charge on any atom is -0.368 e. The molecule has 6 nitrogen and oxygen atoms in total. The first-order valence-electron chi connectivity index (χ1n) is 10.4. The van der Waals surface area contributed by atoms with Gasteiger partial charge in [-0.3, -0.25) is 4.79 Å². The summed E-state index contributed by atoms with van der Waals surface area (Å²) in [5.41, 5.74) is 0.504. The molecular formula is C23H22F3N5OS. The molecule has 0 atom stereocenters. The molecule has 1 amide bonds. The van der Waals surface area contributed by atoms with Crippen LogP contribution < -0.4 is 15.1 Å². The van der Waals surface area contributed by atoms with Gasteiger partial charge in [0.25, 0.3) is 0 Å². The van der Waals surface area contributed by atoms with E-state index in [0.29, 0.717) is 5.03 Å². The van der Waals surface area contributed by atoms with E-state index in [2.05, 4.69) is 37.4 Å². The van der Waals surface area contributed by atoms with E-state index < -0.39 is 17.6 Å². The van der Waals surface area contributed by atoms with E-state index in [1.807, 2.05) is 24.3 Å². The number of thioether (sulfide) groups is 1. The fourth-order valence-corrected chi connectivity index (χ4v) is 4.12. The highest BCUT2D eigenvalue weighted by Crippen LogP contribution is 2.30. The third-order valence-corrected chi connectivity index (χ3v) is 6.10. The molecule has 4 rings (SSSR count). The summed E-state index contributed by atoms with van der Waals surface area (Å²) in [5, 5.41) is 11.5. The van der Waals surface area contributed by atoms with Crippen molar-refractivity contribution in [3.8, 4) is 0 Å². The molecule has 1 aromatic heterocycles. The van der Waals surface area contributed by atoms with E-state index in [1.54, 1.807) is 6.07 Å². The van der Waals surface area contributed by atoms with Gasteiger partial charge in [0.15, 0.2) is 5.82 Å². The van der Waals surface area contributed by atoms with Crippen LogP contribution in [0.5, 0.6) is 0 Å². The van der Waals surface area contributed by atoms with Gasteiger partial charge in [0.2, 0.25) is 5.91 Å². The number of halogens is 3. The Morgan fingerprint density at radius 2 is 1.64 bits per heavy atom.